The molecular weight excluding hydrogens is 267 g/mol. The summed E-state index contributed by atoms with van der Waals surface area (Å²) in [5.41, 5.74) is 0.166. The lowest BCUT2D eigenvalue weighted by molar-refractivity contribution is -0.151. The number of hydrogen-bond donors (Lipinski definition) is 0. The van der Waals surface area contributed by atoms with Gasteiger partial charge in [-0.25, -0.2) is 9.18 Å². The number of rotatable bonds is 3. The van der Waals surface area contributed by atoms with Crippen LogP contribution in [0.1, 0.15) is 5.56 Å². The number of esters is 1. The Balaban J connectivity index is 2.85. The first-order valence-corrected chi connectivity index (χ1v) is 4.89. The number of Topliss-reactive ketones (excluding diaryl/α,β-unsaturated/α-hetero) is 1. The molecular formula is C10H8BrFO3. The van der Waals surface area contributed by atoms with E-state index >= 15 is 0 Å². The van der Waals surface area contributed by atoms with Gasteiger partial charge in [0.25, 0.3) is 0 Å². The van der Waals surface area contributed by atoms with E-state index in [1.54, 1.807) is 0 Å². The molecule has 0 aliphatic heterocycles. The second-order valence-electron chi connectivity index (χ2n) is 2.83. The van der Waals surface area contributed by atoms with E-state index in [1.807, 2.05) is 0 Å². The quantitative estimate of drug-likeness (QED) is 0.624. The van der Waals surface area contributed by atoms with E-state index in [0.717, 1.165) is 7.11 Å². The summed E-state index contributed by atoms with van der Waals surface area (Å²) in [6, 6.07) is 4.20. The van der Waals surface area contributed by atoms with E-state index < -0.39 is 17.6 Å². The van der Waals surface area contributed by atoms with Gasteiger partial charge < -0.3 is 4.74 Å². The van der Waals surface area contributed by atoms with Crippen molar-refractivity contribution >= 4 is 27.7 Å². The zero-order valence-electron chi connectivity index (χ0n) is 7.92. The first-order chi connectivity index (χ1) is 7.04. The molecule has 0 fully saturated rings. The molecule has 0 aliphatic rings. The number of ether oxygens (including phenoxy) is 1. The summed E-state index contributed by atoms with van der Waals surface area (Å²) in [6.07, 6.45) is -0.294. The van der Waals surface area contributed by atoms with Crippen molar-refractivity contribution in [3.63, 3.8) is 0 Å². The maximum absolute atomic E-state index is 13.2. The maximum atomic E-state index is 13.2. The molecule has 5 heteroatoms. The summed E-state index contributed by atoms with van der Waals surface area (Å²) in [5.74, 6) is -2.25. The van der Waals surface area contributed by atoms with Crippen LogP contribution >= 0.6 is 15.9 Å². The van der Waals surface area contributed by atoms with Gasteiger partial charge in [-0.3, -0.25) is 4.79 Å². The van der Waals surface area contributed by atoms with Crippen LogP contribution in [0.4, 0.5) is 4.39 Å². The standard InChI is InChI=1S/C10H8BrFO3/c1-15-10(14)9(13)5-6-4-7(11)2-3-8(6)12/h2-4H,5H2,1H3. The number of halogens is 2. The van der Waals surface area contributed by atoms with Gasteiger partial charge in [-0.1, -0.05) is 15.9 Å². The van der Waals surface area contributed by atoms with Crippen LogP contribution in [0.25, 0.3) is 0 Å². The molecule has 0 atom stereocenters. The Morgan fingerprint density at radius 2 is 2.13 bits per heavy atom. The van der Waals surface area contributed by atoms with E-state index in [-0.39, 0.29) is 12.0 Å². The normalized spacial score (nSPS) is 9.80. The van der Waals surface area contributed by atoms with Gasteiger partial charge in [0.2, 0.25) is 5.78 Å². The number of carbonyl (C=O) groups is 2. The van der Waals surface area contributed by atoms with Crippen LogP contribution in [-0.2, 0) is 20.7 Å². The highest BCUT2D eigenvalue weighted by atomic mass is 79.9. The molecule has 80 valence electrons. The van der Waals surface area contributed by atoms with Crippen molar-refractivity contribution in [3.05, 3.63) is 34.1 Å². The third-order valence-corrected chi connectivity index (χ3v) is 2.27. The topological polar surface area (TPSA) is 43.4 Å². The molecule has 0 N–H and O–H groups in total. The molecule has 1 rings (SSSR count). The fraction of sp³-hybridized carbons (Fsp3) is 0.200. The lowest BCUT2D eigenvalue weighted by Gasteiger charge is -2.02. The Hall–Kier alpha value is -1.23. The molecule has 1 aromatic carbocycles. The smallest absolute Gasteiger partial charge is 0.374 e. The number of benzene rings is 1. The molecule has 3 nitrogen and oxygen atoms in total. The van der Waals surface area contributed by atoms with Crippen LogP contribution in [0.5, 0.6) is 0 Å². The van der Waals surface area contributed by atoms with Gasteiger partial charge >= 0.3 is 5.97 Å². The van der Waals surface area contributed by atoms with Crippen LogP contribution in [0.2, 0.25) is 0 Å². The Labute approximate surface area is 94.4 Å². The summed E-state index contributed by atoms with van der Waals surface area (Å²) in [4.78, 5) is 22.0. The summed E-state index contributed by atoms with van der Waals surface area (Å²) < 4.78 is 18.1. The van der Waals surface area contributed by atoms with Gasteiger partial charge in [-0.05, 0) is 23.8 Å². The fourth-order valence-electron chi connectivity index (χ4n) is 1.04. The summed E-state index contributed by atoms with van der Waals surface area (Å²) in [7, 11) is 1.11. The van der Waals surface area contributed by atoms with Gasteiger partial charge in [0.15, 0.2) is 0 Å². The van der Waals surface area contributed by atoms with Crippen LogP contribution < -0.4 is 0 Å². The first kappa shape index (κ1) is 11.8. The largest absolute Gasteiger partial charge is 0.463 e. The van der Waals surface area contributed by atoms with E-state index in [9.17, 15) is 14.0 Å². The van der Waals surface area contributed by atoms with E-state index in [1.165, 1.54) is 18.2 Å². The molecule has 0 aliphatic carbocycles. The number of ketones is 1. The molecule has 0 saturated carbocycles. The zero-order chi connectivity index (χ0) is 11.4. The van der Waals surface area contributed by atoms with Crippen molar-refractivity contribution in [2.45, 2.75) is 6.42 Å². The van der Waals surface area contributed by atoms with Gasteiger partial charge in [0.05, 0.1) is 7.11 Å². The van der Waals surface area contributed by atoms with Crippen LogP contribution in [-0.4, -0.2) is 18.9 Å². The molecule has 0 heterocycles. The Kier molecular flexibility index (Phi) is 3.96. The van der Waals surface area contributed by atoms with Crippen molar-refractivity contribution in [1.29, 1.82) is 0 Å². The lowest BCUT2D eigenvalue weighted by Crippen LogP contribution is -2.18. The van der Waals surface area contributed by atoms with Crippen LogP contribution in [0, 0.1) is 5.82 Å². The first-order valence-electron chi connectivity index (χ1n) is 4.09. The average Bonchev–Trinajstić information content (AvgIpc) is 2.22. The van der Waals surface area contributed by atoms with Crippen LogP contribution in [0.15, 0.2) is 22.7 Å². The minimum absolute atomic E-state index is 0.166. The molecule has 1 aromatic rings. The van der Waals surface area contributed by atoms with Gasteiger partial charge in [-0.15, -0.1) is 0 Å². The van der Waals surface area contributed by atoms with Crippen molar-refractivity contribution in [3.8, 4) is 0 Å². The molecule has 15 heavy (non-hydrogen) atoms. The monoisotopic (exact) mass is 274 g/mol. The Bertz CT molecular complexity index is 404. The minimum Gasteiger partial charge on any atom is -0.463 e. The molecule has 0 amide bonds. The van der Waals surface area contributed by atoms with E-state index in [0.29, 0.717) is 4.47 Å². The van der Waals surface area contributed by atoms with E-state index in [4.69, 9.17) is 0 Å². The van der Waals surface area contributed by atoms with Crippen molar-refractivity contribution in [1.82, 2.24) is 0 Å². The third kappa shape index (κ3) is 3.13. The number of hydrogen-bond acceptors (Lipinski definition) is 3. The highest BCUT2D eigenvalue weighted by molar-refractivity contribution is 9.10. The summed E-state index contributed by atoms with van der Waals surface area (Å²) >= 11 is 3.15. The second kappa shape index (κ2) is 5.02. The van der Waals surface area contributed by atoms with E-state index in [2.05, 4.69) is 20.7 Å². The second-order valence-corrected chi connectivity index (χ2v) is 3.74. The van der Waals surface area contributed by atoms with Crippen LogP contribution in [0.3, 0.4) is 0 Å². The van der Waals surface area contributed by atoms with Gasteiger partial charge in [0.1, 0.15) is 5.82 Å². The molecule has 0 unspecified atom stereocenters. The molecule has 0 saturated heterocycles. The molecule has 0 bridgehead atoms. The zero-order valence-corrected chi connectivity index (χ0v) is 9.51. The Morgan fingerprint density at radius 1 is 1.47 bits per heavy atom. The number of methoxy groups -OCH3 is 1. The maximum Gasteiger partial charge on any atom is 0.374 e. The summed E-state index contributed by atoms with van der Waals surface area (Å²) in [6.45, 7) is 0. The Morgan fingerprint density at radius 3 is 2.73 bits per heavy atom. The average molecular weight is 275 g/mol. The van der Waals surface area contributed by atoms with Crippen molar-refractivity contribution in [2.24, 2.45) is 0 Å². The van der Waals surface area contributed by atoms with Crippen molar-refractivity contribution in [2.75, 3.05) is 7.11 Å². The van der Waals surface area contributed by atoms with Crippen molar-refractivity contribution < 1.29 is 18.7 Å². The highest BCUT2D eigenvalue weighted by Gasteiger charge is 2.16. The van der Waals surface area contributed by atoms with Gasteiger partial charge in [-0.2, -0.15) is 0 Å². The SMILES string of the molecule is COC(=O)C(=O)Cc1cc(Br)ccc1F. The predicted octanol–water partition coefficient (Wildman–Crippen LogP) is 1.87. The molecule has 0 aromatic heterocycles. The molecule has 0 radical (unpaired) electrons. The third-order valence-electron chi connectivity index (χ3n) is 1.77. The lowest BCUT2D eigenvalue weighted by atomic mass is 10.1. The number of carbonyl (C=O) groups excluding carboxylic acids is 2. The molecule has 0 spiro atoms. The minimum atomic E-state index is -0.964. The van der Waals surface area contributed by atoms with Gasteiger partial charge in [0, 0.05) is 10.9 Å². The fourth-order valence-corrected chi connectivity index (χ4v) is 1.45. The predicted molar refractivity (Wildman–Crippen MR) is 54.8 cm³/mol. The highest BCUT2D eigenvalue weighted by Crippen LogP contribution is 2.16. The summed E-state index contributed by atoms with van der Waals surface area (Å²) in [5, 5.41) is 0.